The van der Waals surface area contributed by atoms with Crippen LogP contribution in [0, 0.1) is 5.92 Å². The molecule has 7 heteroatoms. The van der Waals surface area contributed by atoms with Gasteiger partial charge in [0.1, 0.15) is 6.04 Å². The minimum atomic E-state index is -0.339. The van der Waals surface area contributed by atoms with Gasteiger partial charge in [0.2, 0.25) is 11.8 Å². The smallest absolute Gasteiger partial charge is 0.242 e. The SMILES string of the molecule is CC(C)C[C@H]1C(=O)NCCN1C(=O)CCc1cn[nH]n1. The van der Waals surface area contributed by atoms with Gasteiger partial charge in [-0.2, -0.15) is 15.4 Å². The number of aryl methyl sites for hydroxylation is 1. The molecule has 20 heavy (non-hydrogen) atoms. The fourth-order valence-electron chi connectivity index (χ4n) is 2.42. The van der Waals surface area contributed by atoms with Crippen LogP contribution in [0.5, 0.6) is 0 Å². The number of amides is 2. The molecular weight excluding hydrogens is 258 g/mol. The molecule has 0 radical (unpaired) electrons. The quantitative estimate of drug-likeness (QED) is 0.800. The number of aromatic amines is 1. The van der Waals surface area contributed by atoms with E-state index in [1.807, 2.05) is 0 Å². The molecule has 0 saturated carbocycles. The zero-order chi connectivity index (χ0) is 14.5. The number of carbonyl (C=O) groups is 2. The number of rotatable bonds is 5. The number of carbonyl (C=O) groups excluding carboxylic acids is 2. The van der Waals surface area contributed by atoms with Gasteiger partial charge in [0.05, 0.1) is 11.9 Å². The molecule has 0 spiro atoms. The first-order valence-electron chi connectivity index (χ1n) is 6.99. The molecule has 1 aliphatic rings. The monoisotopic (exact) mass is 279 g/mol. The maximum Gasteiger partial charge on any atom is 0.242 e. The van der Waals surface area contributed by atoms with Crippen LogP contribution in [0.25, 0.3) is 0 Å². The van der Waals surface area contributed by atoms with E-state index in [-0.39, 0.29) is 17.9 Å². The average Bonchev–Trinajstić information content (AvgIpc) is 2.91. The second-order valence-corrected chi connectivity index (χ2v) is 5.48. The number of hydrogen-bond acceptors (Lipinski definition) is 4. The average molecular weight is 279 g/mol. The number of hydrogen-bond donors (Lipinski definition) is 2. The van der Waals surface area contributed by atoms with Crippen LogP contribution in [0.15, 0.2) is 6.20 Å². The summed E-state index contributed by atoms with van der Waals surface area (Å²) in [6.45, 7) is 5.23. The summed E-state index contributed by atoms with van der Waals surface area (Å²) in [7, 11) is 0. The van der Waals surface area contributed by atoms with Crippen LogP contribution in [0.1, 0.15) is 32.4 Å². The molecule has 1 saturated heterocycles. The molecule has 2 N–H and O–H groups in total. The Kier molecular flexibility index (Phi) is 4.70. The Bertz CT molecular complexity index is 457. The fourth-order valence-corrected chi connectivity index (χ4v) is 2.42. The molecule has 0 aliphatic carbocycles. The van der Waals surface area contributed by atoms with Crippen LogP contribution >= 0.6 is 0 Å². The molecule has 0 aromatic carbocycles. The van der Waals surface area contributed by atoms with E-state index in [9.17, 15) is 9.59 Å². The summed E-state index contributed by atoms with van der Waals surface area (Å²) in [6.07, 6.45) is 3.21. The van der Waals surface area contributed by atoms with Crippen LogP contribution in [0.2, 0.25) is 0 Å². The van der Waals surface area contributed by atoms with Gasteiger partial charge in [0.25, 0.3) is 0 Å². The first-order chi connectivity index (χ1) is 9.58. The Labute approximate surface area is 118 Å². The molecule has 0 bridgehead atoms. The number of H-pyrrole nitrogens is 1. The van der Waals surface area contributed by atoms with Crippen molar-refractivity contribution in [2.24, 2.45) is 5.92 Å². The van der Waals surface area contributed by atoms with E-state index in [1.165, 1.54) is 0 Å². The van der Waals surface area contributed by atoms with Crippen LogP contribution < -0.4 is 5.32 Å². The highest BCUT2D eigenvalue weighted by molar-refractivity contribution is 5.88. The first-order valence-corrected chi connectivity index (χ1v) is 6.99. The van der Waals surface area contributed by atoms with Crippen molar-refractivity contribution < 1.29 is 9.59 Å². The summed E-state index contributed by atoms with van der Waals surface area (Å²) in [5.41, 5.74) is 0.764. The molecule has 1 aromatic rings. The molecular formula is C13H21N5O2. The van der Waals surface area contributed by atoms with Gasteiger partial charge in [-0.25, -0.2) is 0 Å². The molecule has 1 aliphatic heterocycles. The van der Waals surface area contributed by atoms with Gasteiger partial charge >= 0.3 is 0 Å². The molecule has 1 fully saturated rings. The van der Waals surface area contributed by atoms with Crippen LogP contribution in [-0.4, -0.2) is 51.3 Å². The highest BCUT2D eigenvalue weighted by Crippen LogP contribution is 2.16. The molecule has 1 aromatic heterocycles. The molecule has 2 rings (SSSR count). The Morgan fingerprint density at radius 3 is 3.00 bits per heavy atom. The molecule has 2 heterocycles. The van der Waals surface area contributed by atoms with Gasteiger partial charge < -0.3 is 10.2 Å². The van der Waals surface area contributed by atoms with Crippen molar-refractivity contribution in [3.63, 3.8) is 0 Å². The predicted molar refractivity (Wildman–Crippen MR) is 72.7 cm³/mol. The summed E-state index contributed by atoms with van der Waals surface area (Å²) in [4.78, 5) is 26.0. The summed E-state index contributed by atoms with van der Waals surface area (Å²) < 4.78 is 0. The van der Waals surface area contributed by atoms with Crippen molar-refractivity contribution >= 4 is 11.8 Å². The zero-order valence-electron chi connectivity index (χ0n) is 11.9. The van der Waals surface area contributed by atoms with Crippen molar-refractivity contribution in [1.82, 2.24) is 25.6 Å². The van der Waals surface area contributed by atoms with Gasteiger partial charge in [0.15, 0.2) is 0 Å². The van der Waals surface area contributed by atoms with Gasteiger partial charge in [-0.05, 0) is 12.3 Å². The van der Waals surface area contributed by atoms with Crippen molar-refractivity contribution in [2.45, 2.75) is 39.2 Å². The van der Waals surface area contributed by atoms with E-state index < -0.39 is 0 Å². The summed E-state index contributed by atoms with van der Waals surface area (Å²) in [5.74, 6) is 0.336. The maximum atomic E-state index is 12.3. The Balaban J connectivity index is 1.96. The predicted octanol–water partition coefficient (Wildman–Crippen LogP) is 0.110. The topological polar surface area (TPSA) is 91.0 Å². The highest BCUT2D eigenvalue weighted by atomic mass is 16.2. The molecule has 110 valence electrons. The van der Waals surface area contributed by atoms with E-state index >= 15 is 0 Å². The first kappa shape index (κ1) is 14.5. The minimum absolute atomic E-state index is 0.00787. The van der Waals surface area contributed by atoms with Crippen LogP contribution in [0.3, 0.4) is 0 Å². The molecule has 7 nitrogen and oxygen atoms in total. The second-order valence-electron chi connectivity index (χ2n) is 5.48. The van der Waals surface area contributed by atoms with E-state index in [1.54, 1.807) is 11.1 Å². The Morgan fingerprint density at radius 2 is 2.35 bits per heavy atom. The van der Waals surface area contributed by atoms with E-state index in [0.29, 0.717) is 38.3 Å². The van der Waals surface area contributed by atoms with E-state index in [4.69, 9.17) is 0 Å². The third kappa shape index (κ3) is 3.55. The lowest BCUT2D eigenvalue weighted by Crippen LogP contribution is -2.57. The lowest BCUT2D eigenvalue weighted by molar-refractivity contribution is -0.143. The molecule has 1 atom stereocenters. The maximum absolute atomic E-state index is 12.3. The zero-order valence-corrected chi connectivity index (χ0v) is 11.9. The molecule has 0 unspecified atom stereocenters. The van der Waals surface area contributed by atoms with Crippen LogP contribution in [0.4, 0.5) is 0 Å². The van der Waals surface area contributed by atoms with Gasteiger partial charge in [0, 0.05) is 25.9 Å². The lowest BCUT2D eigenvalue weighted by atomic mass is 9.99. The third-order valence-electron chi connectivity index (χ3n) is 3.41. The third-order valence-corrected chi connectivity index (χ3v) is 3.41. The minimum Gasteiger partial charge on any atom is -0.353 e. The number of piperazine rings is 1. The van der Waals surface area contributed by atoms with Crippen molar-refractivity contribution in [1.29, 1.82) is 0 Å². The highest BCUT2D eigenvalue weighted by Gasteiger charge is 2.32. The summed E-state index contributed by atoms with van der Waals surface area (Å²) >= 11 is 0. The van der Waals surface area contributed by atoms with Gasteiger partial charge in [-0.3, -0.25) is 9.59 Å². The van der Waals surface area contributed by atoms with Crippen LogP contribution in [-0.2, 0) is 16.0 Å². The summed E-state index contributed by atoms with van der Waals surface area (Å²) in [6, 6.07) is -0.339. The summed E-state index contributed by atoms with van der Waals surface area (Å²) in [5, 5.41) is 13.0. The Morgan fingerprint density at radius 1 is 1.55 bits per heavy atom. The lowest BCUT2D eigenvalue weighted by Gasteiger charge is -2.36. The Hall–Kier alpha value is -1.92. The van der Waals surface area contributed by atoms with Gasteiger partial charge in [-0.1, -0.05) is 13.8 Å². The number of nitrogens with zero attached hydrogens (tertiary/aromatic N) is 3. The normalized spacial score (nSPS) is 19.2. The second kappa shape index (κ2) is 6.49. The number of nitrogens with one attached hydrogen (secondary N) is 2. The van der Waals surface area contributed by atoms with E-state index in [2.05, 4.69) is 34.6 Å². The molecule has 2 amide bonds. The van der Waals surface area contributed by atoms with Crippen molar-refractivity contribution in [3.8, 4) is 0 Å². The fraction of sp³-hybridized carbons (Fsp3) is 0.692. The van der Waals surface area contributed by atoms with Crippen molar-refractivity contribution in [3.05, 3.63) is 11.9 Å². The van der Waals surface area contributed by atoms with Gasteiger partial charge in [-0.15, -0.1) is 0 Å². The largest absolute Gasteiger partial charge is 0.353 e. The van der Waals surface area contributed by atoms with E-state index in [0.717, 1.165) is 5.69 Å². The van der Waals surface area contributed by atoms with Crippen molar-refractivity contribution in [2.75, 3.05) is 13.1 Å². The number of aromatic nitrogens is 3. The standard InChI is InChI=1S/C13H21N5O2/c1-9(2)7-11-13(20)14-5-6-18(11)12(19)4-3-10-8-15-17-16-10/h8-9,11H,3-7H2,1-2H3,(H,14,20)(H,15,16,17)/t11-/m0/s1.